The molecule has 2 rings (SSSR count). The molecular weight excluding hydrogens is 662 g/mol. The highest BCUT2D eigenvalue weighted by molar-refractivity contribution is 5.87. The summed E-state index contributed by atoms with van der Waals surface area (Å²) in [5.41, 5.74) is 0.712. The molecular formula is C40H70N5O7+. The van der Waals surface area contributed by atoms with Crippen LogP contribution in [0.4, 0.5) is 0 Å². The molecule has 0 saturated carbocycles. The van der Waals surface area contributed by atoms with E-state index in [1.165, 1.54) is 0 Å². The Morgan fingerprint density at radius 1 is 0.981 bits per heavy atom. The molecule has 1 aromatic carbocycles. The van der Waals surface area contributed by atoms with Crippen molar-refractivity contribution in [3.8, 4) is 0 Å². The summed E-state index contributed by atoms with van der Waals surface area (Å²) in [7, 11) is 8.90. The van der Waals surface area contributed by atoms with Gasteiger partial charge in [-0.2, -0.15) is 0 Å². The van der Waals surface area contributed by atoms with E-state index in [-0.39, 0.29) is 66.6 Å². The Kier molecular flexibility index (Phi) is 17.7. The lowest BCUT2D eigenvalue weighted by molar-refractivity contribution is -0.929. The van der Waals surface area contributed by atoms with Crippen LogP contribution in [-0.4, -0.2) is 134 Å². The standard InChI is InChI=1S/C40H69N5O7/c1-14-27(6)35(43(9)34(47)24-41-40(50)36(25(2)3)45(10,11)26(4)5)32(51-12)23-33(46)44-22-18-21-31(44)38(52-13)28(7)39(49)42-29(8)37(48)30-19-16-15-17-20-30/h15-17,19-20,25-29,31-32,35-38,48H,14,18,21-24H2,1-13H3,(H-,41,42,49,50)/p+1. The zero-order valence-electron chi connectivity index (χ0n) is 34.2. The van der Waals surface area contributed by atoms with E-state index in [1.54, 1.807) is 44.9 Å². The monoisotopic (exact) mass is 733 g/mol. The number of rotatable bonds is 20. The topological polar surface area (TPSA) is 138 Å². The van der Waals surface area contributed by atoms with Crippen LogP contribution >= 0.6 is 0 Å². The number of likely N-dealkylation sites (N-methyl/N-ethyl adjacent to an activating group) is 2. The van der Waals surface area contributed by atoms with Gasteiger partial charge in [-0.1, -0.05) is 71.4 Å². The first-order valence-corrected chi connectivity index (χ1v) is 19.1. The van der Waals surface area contributed by atoms with Crippen molar-refractivity contribution < 1.29 is 38.2 Å². The van der Waals surface area contributed by atoms with Crippen LogP contribution in [0, 0.1) is 17.8 Å². The highest BCUT2D eigenvalue weighted by Crippen LogP contribution is 2.30. The third-order valence-corrected chi connectivity index (χ3v) is 11.7. The maximum Gasteiger partial charge on any atom is 0.279 e. The van der Waals surface area contributed by atoms with Crippen LogP contribution < -0.4 is 10.6 Å². The summed E-state index contributed by atoms with van der Waals surface area (Å²) in [6.07, 6.45) is 0.192. The quantitative estimate of drug-likeness (QED) is 0.174. The second-order valence-corrected chi connectivity index (χ2v) is 15.9. The molecule has 9 unspecified atom stereocenters. The zero-order valence-corrected chi connectivity index (χ0v) is 34.2. The third-order valence-electron chi connectivity index (χ3n) is 11.7. The summed E-state index contributed by atoms with van der Waals surface area (Å²) < 4.78 is 12.4. The van der Waals surface area contributed by atoms with Crippen molar-refractivity contribution in [3.05, 3.63) is 35.9 Å². The molecule has 4 amide bonds. The molecule has 0 radical (unpaired) electrons. The number of carbonyl (C=O) groups excluding carboxylic acids is 4. The molecule has 0 aliphatic carbocycles. The van der Waals surface area contributed by atoms with Crippen LogP contribution in [0.2, 0.25) is 0 Å². The number of nitrogens with zero attached hydrogens (tertiary/aromatic N) is 3. The zero-order chi connectivity index (χ0) is 39.5. The van der Waals surface area contributed by atoms with Gasteiger partial charge in [0.15, 0.2) is 6.04 Å². The second kappa shape index (κ2) is 20.4. The average molecular weight is 733 g/mol. The Balaban J connectivity index is 2.17. The highest BCUT2D eigenvalue weighted by Gasteiger charge is 2.43. The molecule has 1 aliphatic rings. The second-order valence-electron chi connectivity index (χ2n) is 15.9. The number of nitrogens with one attached hydrogen (secondary N) is 2. The van der Waals surface area contributed by atoms with Crippen molar-refractivity contribution in [2.45, 2.75) is 130 Å². The lowest BCUT2D eigenvalue weighted by atomic mass is 9.90. The molecule has 12 heteroatoms. The van der Waals surface area contributed by atoms with Gasteiger partial charge < -0.3 is 39.5 Å². The number of methoxy groups -OCH3 is 2. The summed E-state index contributed by atoms with van der Waals surface area (Å²) in [6.45, 7) is 16.2. The minimum Gasteiger partial charge on any atom is -0.386 e. The van der Waals surface area contributed by atoms with Gasteiger partial charge in [0.25, 0.3) is 5.91 Å². The molecule has 52 heavy (non-hydrogen) atoms. The molecule has 3 N–H and O–H groups in total. The number of aliphatic hydroxyl groups is 1. The van der Waals surface area contributed by atoms with Gasteiger partial charge in [0.05, 0.1) is 75.5 Å². The van der Waals surface area contributed by atoms with Gasteiger partial charge in [-0.05, 0) is 45.1 Å². The number of benzene rings is 1. The number of ether oxygens (including phenoxy) is 2. The van der Waals surface area contributed by atoms with Gasteiger partial charge in [-0.15, -0.1) is 0 Å². The summed E-state index contributed by atoms with van der Waals surface area (Å²) in [6, 6.07) is 7.79. The van der Waals surface area contributed by atoms with E-state index in [0.29, 0.717) is 23.0 Å². The minimum absolute atomic E-state index is 0.000369. The lowest BCUT2D eigenvalue weighted by Crippen LogP contribution is -2.62. The van der Waals surface area contributed by atoms with Gasteiger partial charge in [0, 0.05) is 33.7 Å². The van der Waals surface area contributed by atoms with Crippen molar-refractivity contribution in [3.63, 3.8) is 0 Å². The number of amides is 4. The largest absolute Gasteiger partial charge is 0.386 e. The lowest BCUT2D eigenvalue weighted by Gasteiger charge is -2.42. The highest BCUT2D eigenvalue weighted by atomic mass is 16.5. The van der Waals surface area contributed by atoms with Gasteiger partial charge in [-0.25, -0.2) is 0 Å². The third kappa shape index (κ3) is 11.2. The SMILES string of the molecule is CCC(C)C(C(CC(=O)N1CCCC1C(OC)C(C)C(=O)NC(C)C(O)c1ccccc1)OC)N(C)C(=O)CNC(=O)C(C(C)C)[N+](C)(C)C(C)C. The molecule has 0 spiro atoms. The molecule has 0 aromatic heterocycles. The molecule has 9 atom stereocenters. The Morgan fingerprint density at radius 3 is 2.12 bits per heavy atom. The molecule has 12 nitrogen and oxygen atoms in total. The smallest absolute Gasteiger partial charge is 0.279 e. The summed E-state index contributed by atoms with van der Waals surface area (Å²) in [5.74, 6) is -1.34. The number of aliphatic hydroxyl groups excluding tert-OH is 1. The Morgan fingerprint density at radius 2 is 1.60 bits per heavy atom. The van der Waals surface area contributed by atoms with Crippen molar-refractivity contribution in [2.75, 3.05) is 48.5 Å². The van der Waals surface area contributed by atoms with Crippen molar-refractivity contribution in [2.24, 2.45) is 17.8 Å². The first-order chi connectivity index (χ1) is 24.3. The van der Waals surface area contributed by atoms with E-state index in [1.807, 2.05) is 72.1 Å². The summed E-state index contributed by atoms with van der Waals surface area (Å²) in [4.78, 5) is 58.0. The van der Waals surface area contributed by atoms with E-state index >= 15 is 0 Å². The van der Waals surface area contributed by atoms with Crippen molar-refractivity contribution in [1.82, 2.24) is 20.4 Å². The van der Waals surface area contributed by atoms with Crippen molar-refractivity contribution in [1.29, 1.82) is 0 Å². The molecule has 1 heterocycles. The van der Waals surface area contributed by atoms with E-state index in [0.717, 1.165) is 12.8 Å². The molecule has 1 aromatic rings. The number of quaternary nitrogens is 1. The van der Waals surface area contributed by atoms with E-state index in [4.69, 9.17) is 9.47 Å². The van der Waals surface area contributed by atoms with E-state index in [9.17, 15) is 24.3 Å². The molecule has 296 valence electrons. The molecule has 1 saturated heterocycles. The number of carbonyl (C=O) groups is 4. The molecule has 0 bridgehead atoms. The van der Waals surface area contributed by atoms with Crippen LogP contribution in [0.25, 0.3) is 0 Å². The molecule has 1 aliphatic heterocycles. The van der Waals surface area contributed by atoms with E-state index < -0.39 is 36.3 Å². The number of likely N-dealkylation sites (tertiary alicyclic amines) is 1. The average Bonchev–Trinajstić information content (AvgIpc) is 3.59. The van der Waals surface area contributed by atoms with Crippen LogP contribution in [0.1, 0.15) is 92.7 Å². The van der Waals surface area contributed by atoms with Crippen molar-refractivity contribution >= 4 is 23.6 Å². The Hall–Kier alpha value is -3.06. The maximum absolute atomic E-state index is 14.1. The number of hydrogen-bond donors (Lipinski definition) is 3. The van der Waals surface area contributed by atoms with Crippen LogP contribution in [0.3, 0.4) is 0 Å². The predicted molar refractivity (Wildman–Crippen MR) is 204 cm³/mol. The fraction of sp³-hybridized carbons (Fsp3) is 0.750. The van der Waals surface area contributed by atoms with Crippen LogP contribution in [-0.2, 0) is 28.7 Å². The Labute approximate surface area is 313 Å². The normalized spacial score (nSPS) is 19.7. The van der Waals surface area contributed by atoms with E-state index in [2.05, 4.69) is 24.5 Å². The van der Waals surface area contributed by atoms with Gasteiger partial charge in [0.1, 0.15) is 0 Å². The van der Waals surface area contributed by atoms with Crippen LogP contribution in [0.15, 0.2) is 30.3 Å². The van der Waals surface area contributed by atoms with Gasteiger partial charge in [0.2, 0.25) is 17.7 Å². The fourth-order valence-corrected chi connectivity index (χ4v) is 7.79. The molecule has 1 fully saturated rings. The Bertz CT molecular complexity index is 1290. The minimum atomic E-state index is -0.873. The maximum atomic E-state index is 14.1. The van der Waals surface area contributed by atoms with Gasteiger partial charge in [-0.3, -0.25) is 19.2 Å². The van der Waals surface area contributed by atoms with Gasteiger partial charge >= 0.3 is 0 Å². The summed E-state index contributed by atoms with van der Waals surface area (Å²) >= 11 is 0. The predicted octanol–water partition coefficient (Wildman–Crippen LogP) is 3.77. The van der Waals surface area contributed by atoms with Crippen LogP contribution in [0.5, 0.6) is 0 Å². The first kappa shape index (κ1) is 45.1. The first-order valence-electron chi connectivity index (χ1n) is 19.1. The summed E-state index contributed by atoms with van der Waals surface area (Å²) in [5, 5.41) is 16.7. The fourth-order valence-electron chi connectivity index (χ4n) is 7.79. The number of hydrogen-bond acceptors (Lipinski definition) is 7.